The maximum Gasteiger partial charge on any atom is 0.304 e. The average Bonchev–Trinajstić information content (AvgIpc) is 3.28. The minimum Gasteiger partial charge on any atom is -0.441 e. The summed E-state index contributed by atoms with van der Waals surface area (Å²) in [5.74, 6) is -0.486. The van der Waals surface area contributed by atoms with Crippen LogP contribution in [0.3, 0.4) is 0 Å². The van der Waals surface area contributed by atoms with Crippen LogP contribution < -0.4 is 0 Å². The Kier molecular flexibility index (Phi) is 6.30. The van der Waals surface area contributed by atoms with Crippen LogP contribution in [0.15, 0.2) is 0 Å². The van der Waals surface area contributed by atoms with Crippen molar-refractivity contribution in [2.75, 3.05) is 0 Å². The molecule has 2 rings (SSSR count). The quantitative estimate of drug-likeness (QED) is 0.347. The van der Waals surface area contributed by atoms with E-state index in [0.717, 1.165) is 0 Å². The molecule has 1 aliphatic carbocycles. The second-order valence-electron chi connectivity index (χ2n) is 11.6. The van der Waals surface area contributed by atoms with Gasteiger partial charge in [0.05, 0.1) is 6.10 Å². The summed E-state index contributed by atoms with van der Waals surface area (Å²) in [6, 6.07) is 2.29. The standard InChI is InChI=1S/C21H39NO5Si2/c1-14(23)25-21(13-22)12-15(26-28(8,9)19(2,3)4)16-17(24-16)18(21)27-29(10,11)20(5,6)7/h15-18H,12H2,1-11H3/t15-,16?,17?,18-,21+/m1/s1. The van der Waals surface area contributed by atoms with E-state index in [9.17, 15) is 10.1 Å². The van der Waals surface area contributed by atoms with Crippen LogP contribution in [-0.2, 0) is 23.1 Å². The van der Waals surface area contributed by atoms with Crippen molar-refractivity contribution in [3.63, 3.8) is 0 Å². The summed E-state index contributed by atoms with van der Waals surface area (Å²) < 4.78 is 24.9. The maximum atomic E-state index is 12.0. The van der Waals surface area contributed by atoms with Crippen molar-refractivity contribution in [2.45, 2.75) is 121 Å². The molecular formula is C21H39NO5Si2. The number of carbonyl (C=O) groups excluding carboxylic acids is 1. The van der Waals surface area contributed by atoms with Gasteiger partial charge in [0, 0.05) is 13.3 Å². The van der Waals surface area contributed by atoms with Gasteiger partial charge >= 0.3 is 5.97 Å². The summed E-state index contributed by atoms with van der Waals surface area (Å²) >= 11 is 0. The highest BCUT2D eigenvalue weighted by molar-refractivity contribution is 6.74. The molecule has 8 heteroatoms. The summed E-state index contributed by atoms with van der Waals surface area (Å²) in [5.41, 5.74) is -1.40. The van der Waals surface area contributed by atoms with Crippen molar-refractivity contribution in [3.8, 4) is 6.07 Å². The number of ether oxygens (including phenoxy) is 2. The van der Waals surface area contributed by atoms with Crippen molar-refractivity contribution in [3.05, 3.63) is 0 Å². The van der Waals surface area contributed by atoms with Gasteiger partial charge < -0.3 is 18.3 Å². The van der Waals surface area contributed by atoms with E-state index >= 15 is 0 Å². The van der Waals surface area contributed by atoms with Gasteiger partial charge in [-0.2, -0.15) is 5.26 Å². The molecule has 0 N–H and O–H groups in total. The van der Waals surface area contributed by atoms with Gasteiger partial charge in [-0.25, -0.2) is 0 Å². The minimum atomic E-state index is -2.22. The van der Waals surface area contributed by atoms with Gasteiger partial charge in [0.25, 0.3) is 0 Å². The zero-order chi connectivity index (χ0) is 22.6. The molecule has 2 unspecified atom stereocenters. The molecule has 1 saturated heterocycles. The van der Waals surface area contributed by atoms with Crippen LogP contribution in [0.2, 0.25) is 36.3 Å². The minimum absolute atomic E-state index is 0.0304. The first kappa shape index (κ1) is 24.5. The van der Waals surface area contributed by atoms with E-state index < -0.39 is 34.3 Å². The van der Waals surface area contributed by atoms with Crippen LogP contribution in [0.5, 0.6) is 0 Å². The van der Waals surface area contributed by atoms with Crippen LogP contribution in [0.25, 0.3) is 0 Å². The van der Waals surface area contributed by atoms with Crippen molar-refractivity contribution in [1.29, 1.82) is 5.26 Å². The summed E-state index contributed by atoms with van der Waals surface area (Å²) in [6.45, 7) is 23.0. The SMILES string of the molecule is CC(=O)O[C@]1(C#N)C[C@@H](O[Si](C)(C)C(C)(C)C)C2OC2[C@H]1O[Si](C)(C)C(C)(C)C. The van der Waals surface area contributed by atoms with E-state index in [4.69, 9.17) is 18.3 Å². The van der Waals surface area contributed by atoms with Gasteiger partial charge in [-0.15, -0.1) is 0 Å². The van der Waals surface area contributed by atoms with Gasteiger partial charge in [-0.05, 0) is 36.3 Å². The van der Waals surface area contributed by atoms with Crippen molar-refractivity contribution in [1.82, 2.24) is 0 Å². The third-order valence-corrected chi connectivity index (χ3v) is 16.1. The molecule has 1 saturated carbocycles. The fourth-order valence-corrected chi connectivity index (χ4v) is 5.92. The lowest BCUT2D eigenvalue weighted by Gasteiger charge is -2.47. The number of nitrogens with zero attached hydrogens (tertiary/aromatic N) is 1. The molecule has 1 aliphatic heterocycles. The summed E-state index contributed by atoms with van der Waals surface area (Å²) in [4.78, 5) is 12.0. The van der Waals surface area contributed by atoms with E-state index in [1.807, 2.05) is 0 Å². The Morgan fingerprint density at radius 3 is 1.90 bits per heavy atom. The molecule has 6 nitrogen and oxygen atoms in total. The molecule has 0 amide bonds. The number of epoxide rings is 1. The van der Waals surface area contributed by atoms with Gasteiger partial charge in [0.1, 0.15) is 24.4 Å². The van der Waals surface area contributed by atoms with Gasteiger partial charge in [0.2, 0.25) is 5.60 Å². The molecule has 166 valence electrons. The predicted octanol–water partition coefficient (Wildman–Crippen LogP) is 4.76. The molecule has 0 aromatic carbocycles. The van der Waals surface area contributed by atoms with Crippen LogP contribution in [0, 0.1) is 11.3 Å². The molecule has 2 aliphatic rings. The van der Waals surface area contributed by atoms with Crippen LogP contribution in [0.1, 0.15) is 54.9 Å². The van der Waals surface area contributed by atoms with E-state index in [1.54, 1.807) is 0 Å². The molecule has 0 aromatic heterocycles. The number of carbonyl (C=O) groups is 1. The Morgan fingerprint density at radius 1 is 1.00 bits per heavy atom. The lowest BCUT2D eigenvalue weighted by atomic mass is 9.81. The second-order valence-corrected chi connectivity index (χ2v) is 21.1. The summed E-state index contributed by atoms with van der Waals surface area (Å²) in [5, 5.41) is 10.2. The Labute approximate surface area is 178 Å². The monoisotopic (exact) mass is 441 g/mol. The first-order valence-corrected chi connectivity index (χ1v) is 16.3. The summed E-state index contributed by atoms with van der Waals surface area (Å²) in [7, 11) is -4.30. The molecule has 0 bridgehead atoms. The molecule has 0 radical (unpaired) electrons. The smallest absolute Gasteiger partial charge is 0.304 e. The van der Waals surface area contributed by atoms with Crippen molar-refractivity contribution in [2.24, 2.45) is 0 Å². The first-order valence-electron chi connectivity index (χ1n) is 10.5. The number of fused-ring (bicyclic) bond motifs is 1. The Balaban J connectivity index is 2.37. The van der Waals surface area contributed by atoms with Gasteiger partial charge in [0.15, 0.2) is 16.6 Å². The Hall–Kier alpha value is -0.726. The highest BCUT2D eigenvalue weighted by Crippen LogP contribution is 2.51. The topological polar surface area (TPSA) is 81.1 Å². The van der Waals surface area contributed by atoms with Crippen molar-refractivity contribution >= 4 is 22.6 Å². The molecule has 2 fully saturated rings. The predicted molar refractivity (Wildman–Crippen MR) is 118 cm³/mol. The molecule has 29 heavy (non-hydrogen) atoms. The van der Waals surface area contributed by atoms with Crippen LogP contribution in [-0.4, -0.2) is 52.6 Å². The van der Waals surface area contributed by atoms with Crippen LogP contribution >= 0.6 is 0 Å². The zero-order valence-corrected chi connectivity index (χ0v) is 22.0. The molecule has 0 spiro atoms. The number of nitriles is 1. The van der Waals surface area contributed by atoms with E-state index in [-0.39, 0.29) is 34.8 Å². The number of hydrogen-bond acceptors (Lipinski definition) is 6. The highest BCUT2D eigenvalue weighted by Gasteiger charge is 2.68. The van der Waals surface area contributed by atoms with E-state index in [0.29, 0.717) is 0 Å². The van der Waals surface area contributed by atoms with E-state index in [1.165, 1.54) is 6.92 Å². The average molecular weight is 442 g/mol. The third-order valence-electron chi connectivity index (χ3n) is 7.19. The number of esters is 1. The Bertz CT molecular complexity index is 689. The molecular weight excluding hydrogens is 402 g/mol. The number of rotatable bonds is 5. The lowest BCUT2D eigenvalue weighted by molar-refractivity contribution is -0.167. The van der Waals surface area contributed by atoms with E-state index in [2.05, 4.69) is 73.8 Å². The lowest BCUT2D eigenvalue weighted by Crippen LogP contribution is -2.61. The normalized spacial score (nSPS) is 32.9. The molecule has 1 heterocycles. The zero-order valence-electron chi connectivity index (χ0n) is 20.0. The third kappa shape index (κ3) is 4.80. The van der Waals surface area contributed by atoms with Crippen LogP contribution in [0.4, 0.5) is 0 Å². The highest BCUT2D eigenvalue weighted by atomic mass is 28.4. The van der Waals surface area contributed by atoms with Crippen molar-refractivity contribution < 1.29 is 23.1 Å². The first-order chi connectivity index (χ1) is 12.9. The molecule has 0 aromatic rings. The molecule has 5 atom stereocenters. The Morgan fingerprint density at radius 2 is 1.48 bits per heavy atom. The fourth-order valence-electron chi connectivity index (χ4n) is 3.28. The van der Waals surface area contributed by atoms with Gasteiger partial charge in [-0.3, -0.25) is 4.79 Å². The summed E-state index contributed by atoms with van der Waals surface area (Å²) in [6.07, 6.45) is -1.00. The maximum absolute atomic E-state index is 12.0. The van der Waals surface area contributed by atoms with Gasteiger partial charge in [-0.1, -0.05) is 41.5 Å². The number of hydrogen-bond donors (Lipinski definition) is 0. The largest absolute Gasteiger partial charge is 0.441 e. The second kappa shape index (κ2) is 7.45. The fraction of sp³-hybridized carbons (Fsp3) is 0.905.